The second-order valence-electron chi connectivity index (χ2n) is 18.8. The van der Waals surface area contributed by atoms with Crippen molar-refractivity contribution in [3.8, 4) is 22.8 Å². The number of hydrogen-bond acceptors (Lipinski definition) is 10. The minimum absolute atomic E-state index is 0.00693. The van der Waals surface area contributed by atoms with Gasteiger partial charge in [0.1, 0.15) is 35.2 Å². The van der Waals surface area contributed by atoms with Gasteiger partial charge in [-0.25, -0.2) is 13.4 Å². The van der Waals surface area contributed by atoms with Gasteiger partial charge in [-0.15, -0.1) is 6.58 Å². The molecule has 3 aromatic carbocycles. The van der Waals surface area contributed by atoms with Crippen LogP contribution in [0.1, 0.15) is 77.4 Å². The first kappa shape index (κ1) is 44.8. The van der Waals surface area contributed by atoms with Crippen LogP contribution in [0.15, 0.2) is 97.6 Å². The molecule has 1 aliphatic heterocycles. The van der Waals surface area contributed by atoms with Crippen LogP contribution in [0.25, 0.3) is 22.2 Å². The molecule has 2 heterocycles. The lowest BCUT2D eigenvalue weighted by Gasteiger charge is -2.36. The van der Waals surface area contributed by atoms with Gasteiger partial charge in [0.25, 0.3) is 11.8 Å². The maximum absolute atomic E-state index is 15.1. The van der Waals surface area contributed by atoms with Gasteiger partial charge in [0.15, 0.2) is 6.10 Å². The van der Waals surface area contributed by atoms with Crippen LogP contribution in [0.3, 0.4) is 0 Å². The second kappa shape index (κ2) is 17.3. The van der Waals surface area contributed by atoms with E-state index in [1.54, 1.807) is 37.4 Å². The van der Waals surface area contributed by atoms with E-state index in [-0.39, 0.29) is 19.4 Å². The Bertz CT molecular complexity index is 2560. The van der Waals surface area contributed by atoms with E-state index in [0.29, 0.717) is 58.8 Å². The molecule has 3 saturated carbocycles. The summed E-state index contributed by atoms with van der Waals surface area (Å²) in [6.07, 6.45) is 3.32. The van der Waals surface area contributed by atoms with Gasteiger partial charge in [0.05, 0.1) is 29.6 Å². The number of nitrogens with one attached hydrogen (secondary N) is 3. The second-order valence-corrected chi connectivity index (χ2v) is 20.9. The lowest BCUT2D eigenvalue weighted by atomic mass is 9.85. The smallest absolute Gasteiger partial charge is 0.259 e. The van der Waals surface area contributed by atoms with E-state index in [0.717, 1.165) is 18.4 Å². The van der Waals surface area contributed by atoms with Crippen LogP contribution >= 0.6 is 0 Å². The first-order valence-corrected chi connectivity index (χ1v) is 23.4. The van der Waals surface area contributed by atoms with Gasteiger partial charge in [0.2, 0.25) is 21.8 Å². The molecule has 8 rings (SSSR count). The Morgan fingerprint density at radius 2 is 1.66 bits per heavy atom. The van der Waals surface area contributed by atoms with E-state index in [1.165, 1.54) is 18.1 Å². The molecular formula is C49H57N5O9S. The van der Waals surface area contributed by atoms with Crippen LogP contribution in [0.4, 0.5) is 0 Å². The highest BCUT2D eigenvalue weighted by molar-refractivity contribution is 7.91. The minimum atomic E-state index is -4.05. The monoisotopic (exact) mass is 891 g/mol. The van der Waals surface area contributed by atoms with Crippen molar-refractivity contribution in [2.45, 2.75) is 100 Å². The summed E-state index contributed by atoms with van der Waals surface area (Å²) in [5.41, 5.74) is 0.229. The molecule has 4 aliphatic rings. The van der Waals surface area contributed by atoms with E-state index in [2.05, 4.69) is 21.9 Å². The number of rotatable bonds is 17. The third-order valence-electron chi connectivity index (χ3n) is 13.2. The molecule has 4 aromatic rings. The highest BCUT2D eigenvalue weighted by atomic mass is 32.2. The van der Waals surface area contributed by atoms with E-state index in [4.69, 9.17) is 19.2 Å². The van der Waals surface area contributed by atoms with Gasteiger partial charge in [-0.2, -0.15) is 0 Å². The van der Waals surface area contributed by atoms with Crippen LogP contribution in [0.5, 0.6) is 11.5 Å². The summed E-state index contributed by atoms with van der Waals surface area (Å²) in [6, 6.07) is 23.5. The molecule has 0 bridgehead atoms. The number of amides is 4. The van der Waals surface area contributed by atoms with Gasteiger partial charge in [-0.3, -0.25) is 23.9 Å². The summed E-state index contributed by atoms with van der Waals surface area (Å²) in [5, 5.41) is 6.51. The number of sulfonamides is 1. The fraction of sp³-hybridized carbons (Fsp3) is 0.449. The molecule has 14 nitrogen and oxygen atoms in total. The predicted molar refractivity (Wildman–Crippen MR) is 241 cm³/mol. The quantitative estimate of drug-likeness (QED) is 0.106. The Kier molecular flexibility index (Phi) is 12.1. The average Bonchev–Trinajstić information content (AvgIpc) is 4.23. The first-order chi connectivity index (χ1) is 30.5. The number of carbonyl (C=O) groups excluding carboxylic acids is 4. The molecule has 1 aromatic heterocycles. The number of benzene rings is 3. The van der Waals surface area contributed by atoms with Gasteiger partial charge >= 0.3 is 0 Å². The van der Waals surface area contributed by atoms with E-state index in [1.807, 2.05) is 75.4 Å². The summed E-state index contributed by atoms with van der Waals surface area (Å²) in [7, 11) is -1.06. The molecular weight excluding hydrogens is 835 g/mol. The fourth-order valence-corrected chi connectivity index (χ4v) is 10.7. The van der Waals surface area contributed by atoms with Crippen LogP contribution < -0.4 is 24.8 Å². The Hall–Kier alpha value is -5.80. The number of likely N-dealkylation sites (tertiary alicyclic amines) is 1. The molecule has 64 heavy (non-hydrogen) atoms. The number of hydrogen-bond donors (Lipinski definition) is 3. The van der Waals surface area contributed by atoms with Crippen molar-refractivity contribution in [2.75, 3.05) is 20.8 Å². The summed E-state index contributed by atoms with van der Waals surface area (Å²) >= 11 is 0. The Labute approximate surface area is 374 Å². The van der Waals surface area contributed by atoms with Crippen molar-refractivity contribution in [1.82, 2.24) is 25.2 Å². The normalized spacial score (nSPS) is 23.3. The number of carbonyl (C=O) groups is 4. The first-order valence-electron chi connectivity index (χ1n) is 21.9. The number of ether oxygens (including phenoxy) is 3. The summed E-state index contributed by atoms with van der Waals surface area (Å²) in [4.78, 5) is 64.3. The molecule has 1 saturated heterocycles. The maximum atomic E-state index is 15.1. The molecule has 3 N–H and O–H groups in total. The van der Waals surface area contributed by atoms with Crippen molar-refractivity contribution in [3.63, 3.8) is 0 Å². The molecule has 338 valence electrons. The third-order valence-corrected chi connectivity index (χ3v) is 15.3. The lowest BCUT2D eigenvalue weighted by Crippen LogP contribution is -2.60. The predicted octanol–water partition coefficient (Wildman–Crippen LogP) is 6.02. The molecule has 3 aliphatic carbocycles. The average molecular weight is 892 g/mol. The number of fused-ring (bicyclic) bond motifs is 1. The van der Waals surface area contributed by atoms with Gasteiger partial charge in [-0.1, -0.05) is 100 Å². The number of nitrogens with zero attached hydrogens (tertiary/aromatic N) is 2. The molecule has 6 atom stereocenters. The van der Waals surface area contributed by atoms with Crippen LogP contribution in [0.2, 0.25) is 0 Å². The van der Waals surface area contributed by atoms with Crippen LogP contribution in [-0.2, 0) is 33.9 Å². The third kappa shape index (κ3) is 8.97. The van der Waals surface area contributed by atoms with Crippen molar-refractivity contribution in [3.05, 3.63) is 103 Å². The Morgan fingerprint density at radius 3 is 2.25 bits per heavy atom. The number of pyridine rings is 1. The van der Waals surface area contributed by atoms with Crippen LogP contribution in [0, 0.1) is 17.3 Å². The Balaban J connectivity index is 1.11. The standard InChI is InChI=1S/C49H57N5O9S/c1-7-33-28-49(33,46(58)53-64(59,60)48(22-23-48)27-30-18-19-30)52-43(55)39-25-35(63-40-26-37(31-14-10-8-11-15-31)50-38-24-34(61-5)20-21-36(38)40)29-54(39)45(57)42(47(2,3)4)51-44(56)41(62-6)32-16-12-9-13-17-32/h7-17,20-21,24,26,30,33,35,39,41-42H,1,18-19,22-23,25,27-29H2,2-6H3,(H,51,56)(H,52,55)(H,53,58)/t33-,35-,39?,41+,42-,49-/m1/s1. The van der Waals surface area contributed by atoms with Crippen molar-refractivity contribution in [2.24, 2.45) is 17.3 Å². The molecule has 0 spiro atoms. The number of methoxy groups -OCH3 is 2. The van der Waals surface area contributed by atoms with E-state index in [9.17, 15) is 22.8 Å². The van der Waals surface area contributed by atoms with Crippen molar-refractivity contribution < 1.29 is 41.8 Å². The zero-order chi connectivity index (χ0) is 45.6. The summed E-state index contributed by atoms with van der Waals surface area (Å²) < 4.78 is 46.7. The highest BCUT2D eigenvalue weighted by Gasteiger charge is 2.64. The molecule has 4 amide bonds. The number of aromatic nitrogens is 1. The van der Waals surface area contributed by atoms with Gasteiger partial charge in [-0.05, 0) is 54.7 Å². The molecule has 4 fully saturated rings. The van der Waals surface area contributed by atoms with Gasteiger partial charge in [0, 0.05) is 42.5 Å². The zero-order valence-corrected chi connectivity index (χ0v) is 37.8. The maximum Gasteiger partial charge on any atom is 0.259 e. The molecule has 15 heteroatoms. The van der Waals surface area contributed by atoms with Gasteiger partial charge < -0.3 is 29.7 Å². The minimum Gasteiger partial charge on any atom is -0.497 e. The largest absolute Gasteiger partial charge is 0.497 e. The topological polar surface area (TPSA) is 182 Å². The Morgan fingerprint density at radius 1 is 0.969 bits per heavy atom. The highest BCUT2D eigenvalue weighted by Crippen LogP contribution is 2.53. The summed E-state index contributed by atoms with van der Waals surface area (Å²) in [5.74, 6) is -1.72. The summed E-state index contributed by atoms with van der Waals surface area (Å²) in [6.45, 7) is 9.26. The zero-order valence-electron chi connectivity index (χ0n) is 37.0. The molecule has 1 unspecified atom stereocenters. The van der Waals surface area contributed by atoms with E-state index < -0.39 is 79.6 Å². The van der Waals surface area contributed by atoms with Crippen molar-refractivity contribution in [1.29, 1.82) is 0 Å². The van der Waals surface area contributed by atoms with Crippen LogP contribution in [-0.4, -0.2) is 91.2 Å². The fourth-order valence-electron chi connectivity index (χ4n) is 9.00. The lowest BCUT2D eigenvalue weighted by molar-refractivity contribution is -0.146. The SMILES string of the molecule is C=C[C@@H]1C[C@]1(NC(=O)C1C[C@@H](Oc2cc(-c3ccccc3)nc3cc(OC)ccc23)CN1C(=O)[C@@H](NC(=O)[C@@H](OC)c1ccccc1)C(C)(C)C)C(=O)NS(=O)(=O)C1(CC2CC2)CC1. The van der Waals surface area contributed by atoms with Crippen molar-refractivity contribution >= 4 is 44.6 Å². The molecule has 0 radical (unpaired) electrons. The van der Waals surface area contributed by atoms with E-state index >= 15 is 4.79 Å².